The number of aliphatic hydroxyl groups excluding tert-OH is 1. The first-order valence-electron chi connectivity index (χ1n) is 4.93. The highest BCUT2D eigenvalue weighted by atomic mass is 32.2. The van der Waals surface area contributed by atoms with Gasteiger partial charge in [0.1, 0.15) is 4.90 Å². The molecule has 0 aliphatic carbocycles. The minimum Gasteiger partial charge on any atom is -0.394 e. The van der Waals surface area contributed by atoms with Crippen molar-refractivity contribution in [3.8, 4) is 0 Å². The van der Waals surface area contributed by atoms with Crippen molar-refractivity contribution in [3.05, 3.63) is 28.7 Å². The van der Waals surface area contributed by atoms with E-state index in [-0.39, 0.29) is 31.3 Å². The largest absolute Gasteiger partial charge is 0.394 e. The number of rotatable bonds is 7. The maximum absolute atomic E-state index is 11.6. The Bertz CT molecular complexity index is 496. The summed E-state index contributed by atoms with van der Waals surface area (Å²) in [6.45, 7) is 0.194. The van der Waals surface area contributed by atoms with Crippen LogP contribution < -0.4 is 10.2 Å². The molecule has 96 valence electrons. The van der Waals surface area contributed by atoms with E-state index in [2.05, 4.69) is 9.71 Å². The van der Waals surface area contributed by atoms with Crippen molar-refractivity contribution in [2.24, 2.45) is 0 Å². The zero-order valence-corrected chi connectivity index (χ0v) is 9.87. The van der Waals surface area contributed by atoms with Gasteiger partial charge in [0.2, 0.25) is 15.5 Å². The monoisotopic (exact) mass is 262 g/mol. The van der Waals surface area contributed by atoms with E-state index < -0.39 is 15.5 Å². The molecule has 0 fully saturated rings. The van der Waals surface area contributed by atoms with E-state index in [0.717, 1.165) is 12.3 Å². The van der Waals surface area contributed by atoms with Gasteiger partial charge in [-0.1, -0.05) is 0 Å². The van der Waals surface area contributed by atoms with Crippen molar-refractivity contribution < 1.29 is 18.3 Å². The molecule has 0 unspecified atom stereocenters. The Morgan fingerprint density at radius 1 is 1.41 bits per heavy atom. The fourth-order valence-electron chi connectivity index (χ4n) is 1.10. The molecule has 0 saturated carbocycles. The average molecular weight is 262 g/mol. The number of pyridine rings is 1. The summed E-state index contributed by atoms with van der Waals surface area (Å²) in [5.74, 6) is 0. The van der Waals surface area contributed by atoms with Gasteiger partial charge in [-0.15, -0.1) is 0 Å². The van der Waals surface area contributed by atoms with Gasteiger partial charge in [0.25, 0.3) is 0 Å². The molecule has 1 aromatic heterocycles. The number of hydrogen-bond donors (Lipinski definition) is 3. The summed E-state index contributed by atoms with van der Waals surface area (Å²) in [6.07, 6.45) is 2.48. The van der Waals surface area contributed by atoms with Crippen LogP contribution in [0.4, 0.5) is 0 Å². The van der Waals surface area contributed by atoms with Crippen LogP contribution in [0.3, 0.4) is 0 Å². The second kappa shape index (κ2) is 6.50. The van der Waals surface area contributed by atoms with Crippen LogP contribution in [0.2, 0.25) is 0 Å². The predicted molar refractivity (Wildman–Crippen MR) is 60.2 cm³/mol. The second-order valence-electron chi connectivity index (χ2n) is 3.11. The van der Waals surface area contributed by atoms with E-state index >= 15 is 0 Å². The summed E-state index contributed by atoms with van der Waals surface area (Å²) in [6, 6.07) is 1.14. The highest BCUT2D eigenvalue weighted by Gasteiger charge is 2.16. The van der Waals surface area contributed by atoms with E-state index in [4.69, 9.17) is 9.84 Å². The van der Waals surface area contributed by atoms with Crippen molar-refractivity contribution in [2.45, 2.75) is 4.90 Å². The van der Waals surface area contributed by atoms with Crippen LogP contribution in [0, 0.1) is 0 Å². The van der Waals surface area contributed by atoms with Gasteiger partial charge in [-0.25, -0.2) is 13.1 Å². The van der Waals surface area contributed by atoms with Crippen molar-refractivity contribution >= 4 is 10.0 Å². The van der Waals surface area contributed by atoms with E-state index in [1.807, 2.05) is 0 Å². The third kappa shape index (κ3) is 4.27. The Balaban J connectivity index is 2.58. The van der Waals surface area contributed by atoms with E-state index in [9.17, 15) is 13.2 Å². The highest BCUT2D eigenvalue weighted by molar-refractivity contribution is 7.89. The van der Waals surface area contributed by atoms with Gasteiger partial charge in [-0.3, -0.25) is 4.79 Å². The lowest BCUT2D eigenvalue weighted by molar-refractivity contribution is 0.0961. The van der Waals surface area contributed by atoms with E-state index in [1.165, 1.54) is 6.20 Å². The standard InChI is InChI=1S/C9H14N2O5S/c12-4-6-16-5-3-11-17(14,15)9-7-10-2-1-8(9)13/h1-2,7,11-12H,3-6H2,(H,10,13). The Kier molecular flexibility index (Phi) is 5.29. The number of hydrogen-bond acceptors (Lipinski definition) is 5. The Morgan fingerprint density at radius 2 is 2.18 bits per heavy atom. The Labute approximate surface area is 98.5 Å². The van der Waals surface area contributed by atoms with Crippen LogP contribution >= 0.6 is 0 Å². The Hall–Kier alpha value is -1.22. The molecule has 1 aromatic rings. The molecular weight excluding hydrogens is 248 g/mol. The number of ether oxygens (including phenoxy) is 1. The van der Waals surface area contributed by atoms with Crippen LogP contribution in [0.5, 0.6) is 0 Å². The molecule has 0 atom stereocenters. The lowest BCUT2D eigenvalue weighted by Gasteiger charge is -2.05. The van der Waals surface area contributed by atoms with Crippen molar-refractivity contribution in [3.63, 3.8) is 0 Å². The molecule has 0 spiro atoms. The van der Waals surface area contributed by atoms with E-state index in [1.54, 1.807) is 0 Å². The minimum atomic E-state index is -3.81. The van der Waals surface area contributed by atoms with Crippen molar-refractivity contribution in [1.82, 2.24) is 9.71 Å². The summed E-state index contributed by atoms with van der Waals surface area (Å²) in [7, 11) is -3.81. The quantitative estimate of drug-likeness (QED) is 0.527. The SMILES string of the molecule is O=c1cc[nH]cc1S(=O)(=O)NCCOCCO. The summed E-state index contributed by atoms with van der Waals surface area (Å²) in [5, 5.41) is 8.43. The topological polar surface area (TPSA) is 108 Å². The zero-order chi connectivity index (χ0) is 12.7. The molecule has 3 N–H and O–H groups in total. The van der Waals surface area contributed by atoms with Gasteiger partial charge in [-0.2, -0.15) is 0 Å². The molecule has 1 rings (SSSR count). The van der Waals surface area contributed by atoms with Gasteiger partial charge >= 0.3 is 0 Å². The number of aromatic nitrogens is 1. The number of H-pyrrole nitrogens is 1. The van der Waals surface area contributed by atoms with Gasteiger partial charge in [0.05, 0.1) is 19.8 Å². The highest BCUT2D eigenvalue weighted by Crippen LogP contribution is 1.98. The van der Waals surface area contributed by atoms with Crippen LogP contribution in [-0.4, -0.2) is 44.9 Å². The molecule has 0 saturated heterocycles. The summed E-state index contributed by atoms with van der Waals surface area (Å²) < 4.78 is 30.4. The zero-order valence-electron chi connectivity index (χ0n) is 9.05. The van der Waals surface area contributed by atoms with Gasteiger partial charge < -0.3 is 14.8 Å². The fourth-order valence-corrected chi connectivity index (χ4v) is 2.17. The lowest BCUT2D eigenvalue weighted by atomic mass is 10.5. The molecule has 0 amide bonds. The first-order chi connectivity index (χ1) is 8.08. The summed E-state index contributed by atoms with van der Waals surface area (Å²) >= 11 is 0. The molecule has 1 heterocycles. The molecule has 7 nitrogen and oxygen atoms in total. The van der Waals surface area contributed by atoms with Crippen molar-refractivity contribution in [2.75, 3.05) is 26.4 Å². The molecule has 0 aromatic carbocycles. The first kappa shape index (κ1) is 13.8. The molecule has 8 heteroatoms. The molecule has 0 aliphatic heterocycles. The van der Waals surface area contributed by atoms with Gasteiger partial charge in [0, 0.05) is 25.0 Å². The molecule has 0 aliphatic rings. The van der Waals surface area contributed by atoms with Crippen LogP contribution in [0.1, 0.15) is 0 Å². The van der Waals surface area contributed by atoms with Crippen molar-refractivity contribution in [1.29, 1.82) is 0 Å². The van der Waals surface area contributed by atoms with Crippen LogP contribution in [-0.2, 0) is 14.8 Å². The molecule has 17 heavy (non-hydrogen) atoms. The maximum atomic E-state index is 11.6. The average Bonchev–Trinajstić information content (AvgIpc) is 2.29. The van der Waals surface area contributed by atoms with Crippen LogP contribution in [0.25, 0.3) is 0 Å². The first-order valence-corrected chi connectivity index (χ1v) is 6.41. The van der Waals surface area contributed by atoms with Gasteiger partial charge in [-0.05, 0) is 0 Å². The van der Waals surface area contributed by atoms with Gasteiger partial charge in [0.15, 0.2) is 0 Å². The normalized spacial score (nSPS) is 11.6. The Morgan fingerprint density at radius 3 is 2.82 bits per heavy atom. The molecule has 0 radical (unpaired) electrons. The summed E-state index contributed by atoms with van der Waals surface area (Å²) in [5.41, 5.74) is -0.576. The fraction of sp³-hybridized carbons (Fsp3) is 0.444. The molecular formula is C9H14N2O5S. The maximum Gasteiger partial charge on any atom is 0.245 e. The number of aromatic amines is 1. The molecule has 0 bridgehead atoms. The number of nitrogens with one attached hydrogen (secondary N) is 2. The minimum absolute atomic E-state index is 0.0384. The van der Waals surface area contributed by atoms with Crippen LogP contribution in [0.15, 0.2) is 28.2 Å². The predicted octanol–water partition coefficient (Wildman–Crippen LogP) is -1.34. The third-order valence-corrected chi connectivity index (χ3v) is 3.33. The van der Waals surface area contributed by atoms with E-state index in [0.29, 0.717) is 0 Å². The smallest absolute Gasteiger partial charge is 0.245 e. The number of sulfonamides is 1. The second-order valence-corrected chi connectivity index (χ2v) is 4.84. The third-order valence-electron chi connectivity index (χ3n) is 1.85. The lowest BCUT2D eigenvalue weighted by Crippen LogP contribution is -2.31. The number of aliphatic hydroxyl groups is 1. The summed E-state index contributed by atoms with van der Waals surface area (Å²) in [4.78, 5) is 13.5.